The summed E-state index contributed by atoms with van der Waals surface area (Å²) in [6, 6.07) is 9.97. The second kappa shape index (κ2) is 12.2. The monoisotopic (exact) mass is 410 g/mol. The van der Waals surface area contributed by atoms with E-state index in [1.807, 2.05) is 12.1 Å². The first kappa shape index (κ1) is 26.5. The zero-order chi connectivity index (χ0) is 18.4. The van der Waals surface area contributed by atoms with Gasteiger partial charge in [-0.25, -0.2) is 0 Å². The van der Waals surface area contributed by atoms with Gasteiger partial charge in [-0.05, 0) is 35.4 Å². The Hall–Kier alpha value is -0.470. The predicted octanol–water partition coefficient (Wildman–Crippen LogP) is -3.90. The third-order valence-corrected chi connectivity index (χ3v) is 3.66. The van der Waals surface area contributed by atoms with Crippen molar-refractivity contribution in [1.29, 1.82) is 0 Å². The third-order valence-electron chi connectivity index (χ3n) is 3.24. The van der Waals surface area contributed by atoms with E-state index in [0.29, 0.717) is 17.1 Å². The Morgan fingerprint density at radius 2 is 1.33 bits per heavy atom. The van der Waals surface area contributed by atoms with Gasteiger partial charge in [-0.15, -0.1) is 0 Å². The number of hydrogen-bond acceptors (Lipinski definition) is 7. The molecule has 0 aliphatic heterocycles. The largest absolute Gasteiger partial charge is 1.00 e. The van der Waals surface area contributed by atoms with Crippen LogP contribution in [-0.4, -0.2) is 21.3 Å². The zero-order valence-corrected chi connectivity index (χ0v) is 20.8. The molecule has 0 bridgehead atoms. The molecule has 0 aliphatic rings. The van der Waals surface area contributed by atoms with Gasteiger partial charge in [0.15, 0.2) is 11.5 Å². The first-order valence-corrected chi connectivity index (χ1v) is 8.61. The van der Waals surface area contributed by atoms with Crippen molar-refractivity contribution in [3.05, 3.63) is 47.5 Å². The fourth-order valence-corrected chi connectivity index (χ4v) is 2.49. The quantitative estimate of drug-likeness (QED) is 0.261. The molecule has 2 aromatic carbocycles. The van der Waals surface area contributed by atoms with E-state index < -0.39 is 7.82 Å². The van der Waals surface area contributed by atoms with Crippen LogP contribution in [0.1, 0.15) is 11.1 Å². The van der Waals surface area contributed by atoms with Gasteiger partial charge in [0.1, 0.15) is 19.3 Å². The molecule has 0 N–H and O–H groups in total. The van der Waals surface area contributed by atoms with Crippen LogP contribution in [0.3, 0.4) is 0 Å². The van der Waals surface area contributed by atoms with Crippen LogP contribution in [0.4, 0.5) is 0 Å². The van der Waals surface area contributed by atoms with E-state index >= 15 is 0 Å². The topological polar surface area (TPSA) is 100 Å². The van der Waals surface area contributed by atoms with Gasteiger partial charge in [-0.2, -0.15) is 0 Å². The molecule has 0 spiro atoms. The molecule has 27 heavy (non-hydrogen) atoms. The summed E-state index contributed by atoms with van der Waals surface area (Å²) in [7, 11) is -0.725. The molecule has 0 amide bonds. The molecule has 10 heteroatoms. The minimum absolute atomic E-state index is 0. The molecule has 0 saturated carbocycles. The van der Waals surface area contributed by atoms with E-state index in [9.17, 15) is 14.4 Å². The van der Waals surface area contributed by atoms with Gasteiger partial charge in [-0.1, -0.05) is 18.2 Å². The summed E-state index contributed by atoms with van der Waals surface area (Å²) < 4.78 is 30.7. The molecule has 0 unspecified atom stereocenters. The van der Waals surface area contributed by atoms with Crippen molar-refractivity contribution >= 4 is 20.0 Å². The number of methoxy groups -OCH3 is 3. The van der Waals surface area contributed by atoms with Crippen molar-refractivity contribution in [1.82, 2.24) is 0 Å². The Morgan fingerprint density at radius 3 is 1.81 bits per heavy atom. The van der Waals surface area contributed by atoms with Crippen molar-refractivity contribution in [2.45, 2.75) is 0 Å². The third kappa shape index (κ3) is 8.60. The van der Waals surface area contributed by atoms with Crippen LogP contribution >= 0.6 is 7.82 Å². The summed E-state index contributed by atoms with van der Waals surface area (Å²) in [5.41, 5.74) is 1.43. The average Bonchev–Trinajstić information content (AvgIpc) is 2.58. The molecule has 2 aromatic rings. The second-order valence-electron chi connectivity index (χ2n) is 4.93. The van der Waals surface area contributed by atoms with Gasteiger partial charge in [0, 0.05) is 6.07 Å². The summed E-state index contributed by atoms with van der Waals surface area (Å²) in [6.07, 6.45) is 3.51. The van der Waals surface area contributed by atoms with E-state index in [1.165, 1.54) is 19.2 Å². The Kier molecular flexibility index (Phi) is 12.0. The van der Waals surface area contributed by atoms with Gasteiger partial charge in [-0.3, -0.25) is 0 Å². The Labute approximate surface area is 202 Å². The van der Waals surface area contributed by atoms with Gasteiger partial charge in [0.05, 0.1) is 21.3 Å². The number of benzene rings is 2. The minimum Gasteiger partial charge on any atom is -0.780 e. The van der Waals surface area contributed by atoms with Crippen molar-refractivity contribution in [3.63, 3.8) is 0 Å². The normalized spacial score (nSPS) is 10.6. The number of ether oxygens (including phenoxy) is 3. The van der Waals surface area contributed by atoms with E-state index in [1.54, 1.807) is 38.5 Å². The molecule has 7 nitrogen and oxygen atoms in total. The van der Waals surface area contributed by atoms with Gasteiger partial charge < -0.3 is 33.1 Å². The first-order chi connectivity index (χ1) is 11.8. The molecule has 0 saturated heterocycles. The molecule has 0 aliphatic carbocycles. The van der Waals surface area contributed by atoms with Crippen LogP contribution in [0.2, 0.25) is 0 Å². The Bertz CT molecular complexity index is 799. The van der Waals surface area contributed by atoms with Crippen LogP contribution in [0, 0.1) is 0 Å². The minimum atomic E-state index is -5.18. The van der Waals surface area contributed by atoms with E-state index in [0.717, 1.165) is 5.56 Å². The van der Waals surface area contributed by atoms with Crippen molar-refractivity contribution in [2.24, 2.45) is 0 Å². The molecular formula is C17H17Na2O7P. The summed E-state index contributed by atoms with van der Waals surface area (Å²) in [5, 5.41) is 0. The number of hydrogen-bond donors (Lipinski definition) is 0. The Balaban J connectivity index is 0.00000338. The number of rotatable bonds is 7. The molecule has 0 atom stereocenters. The Morgan fingerprint density at radius 1 is 0.778 bits per heavy atom. The smallest absolute Gasteiger partial charge is 0.780 e. The summed E-state index contributed by atoms with van der Waals surface area (Å²) >= 11 is 0. The summed E-state index contributed by atoms with van der Waals surface area (Å²) in [5.74, 6) is 1.25. The molecule has 0 fully saturated rings. The van der Waals surface area contributed by atoms with Crippen LogP contribution in [-0.2, 0) is 4.57 Å². The van der Waals surface area contributed by atoms with Crippen LogP contribution in [0.15, 0.2) is 36.4 Å². The number of phosphoric acid groups is 1. The number of phosphoric ester groups is 1. The van der Waals surface area contributed by atoms with Gasteiger partial charge in [0.25, 0.3) is 0 Å². The fourth-order valence-electron chi connectivity index (χ4n) is 2.11. The van der Waals surface area contributed by atoms with Gasteiger partial charge >= 0.3 is 59.1 Å². The molecule has 2 rings (SSSR count). The molecule has 134 valence electrons. The summed E-state index contributed by atoms with van der Waals surface area (Å²) in [4.78, 5) is 21.7. The SMILES string of the molecule is COc1cc(/C=C\c2ccc(OC)c(OP(=O)([O-])[O-])c2)cc(OC)c1.[Na+].[Na+]. The molecule has 0 radical (unpaired) electrons. The predicted molar refractivity (Wildman–Crippen MR) is 89.7 cm³/mol. The van der Waals surface area contributed by atoms with E-state index in [4.69, 9.17) is 14.2 Å². The maximum atomic E-state index is 10.8. The zero-order valence-electron chi connectivity index (χ0n) is 15.9. The average molecular weight is 410 g/mol. The van der Waals surface area contributed by atoms with Crippen molar-refractivity contribution in [3.8, 4) is 23.0 Å². The van der Waals surface area contributed by atoms with Crippen LogP contribution in [0.25, 0.3) is 12.2 Å². The van der Waals surface area contributed by atoms with Crippen LogP contribution in [0.5, 0.6) is 23.0 Å². The van der Waals surface area contributed by atoms with E-state index in [-0.39, 0.29) is 70.6 Å². The maximum Gasteiger partial charge on any atom is 1.00 e. The van der Waals surface area contributed by atoms with E-state index in [2.05, 4.69) is 4.52 Å². The van der Waals surface area contributed by atoms with Crippen LogP contribution < -0.4 is 87.6 Å². The second-order valence-corrected chi connectivity index (χ2v) is 6.01. The van der Waals surface area contributed by atoms with Gasteiger partial charge in [0.2, 0.25) is 0 Å². The molecule has 0 aromatic heterocycles. The molecule has 0 heterocycles. The van der Waals surface area contributed by atoms with Crippen molar-refractivity contribution < 1.29 is 92.2 Å². The maximum absolute atomic E-state index is 10.8. The molecular weight excluding hydrogens is 393 g/mol. The fraction of sp³-hybridized carbons (Fsp3) is 0.176. The summed E-state index contributed by atoms with van der Waals surface area (Å²) in [6.45, 7) is 0. The standard InChI is InChI=1S/C17H19O7P.2Na/c1-21-14-8-13(9-15(11-14)22-2)5-4-12-6-7-16(23-3)17(10-12)24-25(18,19)20;;/h4-11H,1-3H3,(H2,18,19,20);;/q;2*+1/p-2/b5-4-;;. The first-order valence-electron chi connectivity index (χ1n) is 7.15. The van der Waals surface area contributed by atoms with Crippen molar-refractivity contribution in [2.75, 3.05) is 21.3 Å².